The fourth-order valence-electron chi connectivity index (χ4n) is 4.48. The average Bonchev–Trinajstić information content (AvgIpc) is 3.18. The van der Waals surface area contributed by atoms with Crippen LogP contribution in [0.4, 0.5) is 0 Å². The molecule has 166 valence electrons. The summed E-state index contributed by atoms with van der Waals surface area (Å²) in [4.78, 5) is 25.8. The van der Waals surface area contributed by atoms with Crippen molar-refractivity contribution in [3.63, 3.8) is 0 Å². The van der Waals surface area contributed by atoms with Gasteiger partial charge < -0.3 is 10.1 Å². The number of ether oxygens (including phenoxy) is 1. The number of amides is 1. The molecule has 1 aromatic carbocycles. The molecule has 1 aromatic rings. The Hall–Kier alpha value is -1.93. The first kappa shape index (κ1) is 22.7. The van der Waals surface area contributed by atoms with Gasteiger partial charge in [-0.05, 0) is 64.2 Å². The van der Waals surface area contributed by atoms with E-state index in [1.54, 1.807) is 26.0 Å². The molecule has 0 bridgehead atoms. The number of carbonyl (C=O) groups excluding carboxylic acids is 2. The van der Waals surface area contributed by atoms with Crippen LogP contribution in [-0.2, 0) is 19.6 Å². The number of nitrogens with zero attached hydrogens (tertiary/aromatic N) is 1. The average molecular weight is 437 g/mol. The standard InChI is InChI=1S/C22H32N2O5S/c1-4-29-21(26)22(12-6-7-13-22)23-20(25)19-15-18(11-10-16(19)2)30(27,28)24-14-8-5-9-17(24)3/h10-11,15,17H,4-9,12-14H2,1-3H3,(H,23,25). The van der Waals surface area contributed by atoms with Crippen LogP contribution in [0.15, 0.2) is 23.1 Å². The third-order valence-corrected chi connectivity index (χ3v) is 8.29. The van der Waals surface area contributed by atoms with Crippen molar-refractivity contribution >= 4 is 21.9 Å². The fourth-order valence-corrected chi connectivity index (χ4v) is 6.21. The van der Waals surface area contributed by atoms with Crippen LogP contribution in [0, 0.1) is 6.92 Å². The Balaban J connectivity index is 1.89. The van der Waals surface area contributed by atoms with Crippen LogP contribution in [0.5, 0.6) is 0 Å². The molecular formula is C22H32N2O5S. The number of sulfonamides is 1. The van der Waals surface area contributed by atoms with Crippen molar-refractivity contribution in [2.45, 2.75) is 82.2 Å². The molecule has 1 amide bonds. The molecule has 1 aliphatic carbocycles. The van der Waals surface area contributed by atoms with Crippen molar-refractivity contribution in [3.05, 3.63) is 29.3 Å². The van der Waals surface area contributed by atoms with Gasteiger partial charge >= 0.3 is 5.97 Å². The third-order valence-electron chi connectivity index (χ3n) is 6.28. The van der Waals surface area contributed by atoms with Gasteiger partial charge in [0.1, 0.15) is 5.54 Å². The summed E-state index contributed by atoms with van der Waals surface area (Å²) in [6.07, 6.45) is 5.41. The van der Waals surface area contributed by atoms with Crippen molar-refractivity contribution in [3.8, 4) is 0 Å². The molecule has 2 fully saturated rings. The summed E-state index contributed by atoms with van der Waals surface area (Å²) < 4.78 is 33.1. The molecular weight excluding hydrogens is 404 g/mol. The number of aryl methyl sites for hydroxylation is 1. The predicted molar refractivity (Wildman–Crippen MR) is 114 cm³/mol. The maximum Gasteiger partial charge on any atom is 0.331 e. The van der Waals surface area contributed by atoms with E-state index in [0.717, 1.165) is 32.1 Å². The fraction of sp³-hybridized carbons (Fsp3) is 0.636. The van der Waals surface area contributed by atoms with Crippen molar-refractivity contribution in [2.75, 3.05) is 13.2 Å². The largest absolute Gasteiger partial charge is 0.464 e. The molecule has 1 atom stereocenters. The van der Waals surface area contributed by atoms with Crippen molar-refractivity contribution in [1.29, 1.82) is 0 Å². The summed E-state index contributed by atoms with van der Waals surface area (Å²) in [5.74, 6) is -0.856. The molecule has 3 rings (SSSR count). The van der Waals surface area contributed by atoms with E-state index < -0.39 is 27.4 Å². The normalized spacial score (nSPS) is 21.9. The second-order valence-electron chi connectivity index (χ2n) is 8.40. The van der Waals surface area contributed by atoms with Crippen LogP contribution in [0.3, 0.4) is 0 Å². The molecule has 1 saturated heterocycles. The van der Waals surface area contributed by atoms with E-state index in [-0.39, 0.29) is 23.1 Å². The molecule has 1 N–H and O–H groups in total. The lowest BCUT2D eigenvalue weighted by Crippen LogP contribution is -2.53. The lowest BCUT2D eigenvalue weighted by atomic mass is 9.96. The van der Waals surface area contributed by atoms with E-state index >= 15 is 0 Å². The molecule has 2 aliphatic rings. The van der Waals surface area contributed by atoms with Gasteiger partial charge in [0.05, 0.1) is 11.5 Å². The lowest BCUT2D eigenvalue weighted by Gasteiger charge is -2.32. The zero-order valence-corrected chi connectivity index (χ0v) is 18.9. The van der Waals surface area contributed by atoms with Gasteiger partial charge in [-0.2, -0.15) is 4.31 Å². The number of hydrogen-bond donors (Lipinski definition) is 1. The van der Waals surface area contributed by atoms with Crippen molar-refractivity contribution in [1.82, 2.24) is 9.62 Å². The Kier molecular flexibility index (Phi) is 6.87. The highest BCUT2D eigenvalue weighted by atomic mass is 32.2. The Morgan fingerprint density at radius 2 is 1.90 bits per heavy atom. The van der Waals surface area contributed by atoms with Gasteiger partial charge in [0.15, 0.2) is 0 Å². The number of hydrogen-bond acceptors (Lipinski definition) is 5. The van der Waals surface area contributed by atoms with Crippen molar-refractivity contribution in [2.24, 2.45) is 0 Å². The smallest absolute Gasteiger partial charge is 0.331 e. The monoisotopic (exact) mass is 436 g/mol. The molecule has 1 saturated carbocycles. The minimum absolute atomic E-state index is 0.0621. The molecule has 8 heteroatoms. The number of rotatable bonds is 6. The number of carbonyl (C=O) groups is 2. The van der Waals surface area contributed by atoms with Gasteiger partial charge in [0.25, 0.3) is 5.91 Å². The third kappa shape index (κ3) is 4.39. The molecule has 7 nitrogen and oxygen atoms in total. The predicted octanol–water partition coefficient (Wildman–Crippen LogP) is 3.16. The van der Waals surface area contributed by atoms with Gasteiger partial charge in [-0.1, -0.05) is 25.3 Å². The second kappa shape index (κ2) is 9.06. The van der Waals surface area contributed by atoms with Crippen molar-refractivity contribution < 1.29 is 22.7 Å². The first-order valence-electron chi connectivity index (χ1n) is 10.8. The van der Waals surface area contributed by atoms with E-state index in [9.17, 15) is 18.0 Å². The summed E-state index contributed by atoms with van der Waals surface area (Å²) in [7, 11) is -3.69. The Morgan fingerprint density at radius 1 is 1.20 bits per heavy atom. The summed E-state index contributed by atoms with van der Waals surface area (Å²) in [5, 5.41) is 2.88. The summed E-state index contributed by atoms with van der Waals surface area (Å²) in [6, 6.07) is 4.59. The Bertz CT molecular complexity index is 906. The highest BCUT2D eigenvalue weighted by Gasteiger charge is 2.44. The zero-order chi connectivity index (χ0) is 21.9. The highest BCUT2D eigenvalue weighted by Crippen LogP contribution is 2.32. The molecule has 0 radical (unpaired) electrons. The minimum atomic E-state index is -3.69. The number of piperidine rings is 1. The van der Waals surface area contributed by atoms with E-state index in [2.05, 4.69) is 5.32 Å². The van der Waals surface area contributed by atoms with Crippen LogP contribution in [0.2, 0.25) is 0 Å². The van der Waals surface area contributed by atoms with Crippen LogP contribution in [0.25, 0.3) is 0 Å². The topological polar surface area (TPSA) is 92.8 Å². The number of nitrogens with one attached hydrogen (secondary N) is 1. The Morgan fingerprint density at radius 3 is 2.53 bits per heavy atom. The first-order valence-corrected chi connectivity index (χ1v) is 12.3. The SMILES string of the molecule is CCOC(=O)C1(NC(=O)c2cc(S(=O)(=O)N3CCCCC3C)ccc2C)CCCC1. The molecule has 1 heterocycles. The summed E-state index contributed by atoms with van der Waals surface area (Å²) in [5.41, 5.74) is -0.0954. The van der Waals surface area contributed by atoms with E-state index in [0.29, 0.717) is 24.9 Å². The molecule has 30 heavy (non-hydrogen) atoms. The maximum absolute atomic E-state index is 13.2. The van der Waals surface area contributed by atoms with Gasteiger partial charge in [0.2, 0.25) is 10.0 Å². The van der Waals surface area contributed by atoms with E-state index in [1.165, 1.54) is 10.4 Å². The molecule has 1 unspecified atom stereocenters. The quantitative estimate of drug-likeness (QED) is 0.692. The molecule has 0 spiro atoms. The first-order chi connectivity index (χ1) is 14.2. The molecule has 1 aliphatic heterocycles. The van der Waals surface area contributed by atoms with Crippen LogP contribution >= 0.6 is 0 Å². The van der Waals surface area contributed by atoms with Crippen LogP contribution in [-0.4, -0.2) is 49.3 Å². The minimum Gasteiger partial charge on any atom is -0.464 e. The number of esters is 1. The highest BCUT2D eigenvalue weighted by molar-refractivity contribution is 7.89. The Labute approximate surface area is 179 Å². The maximum atomic E-state index is 13.2. The van der Waals surface area contributed by atoms with Gasteiger partial charge in [-0.3, -0.25) is 4.79 Å². The van der Waals surface area contributed by atoms with E-state index in [4.69, 9.17) is 4.74 Å². The van der Waals surface area contributed by atoms with Gasteiger partial charge in [0, 0.05) is 18.2 Å². The van der Waals surface area contributed by atoms with Crippen LogP contribution in [0.1, 0.15) is 74.7 Å². The number of benzene rings is 1. The second-order valence-corrected chi connectivity index (χ2v) is 10.3. The van der Waals surface area contributed by atoms with Crippen LogP contribution < -0.4 is 5.32 Å². The summed E-state index contributed by atoms with van der Waals surface area (Å²) >= 11 is 0. The molecule has 0 aromatic heterocycles. The van der Waals surface area contributed by atoms with Gasteiger partial charge in [-0.25, -0.2) is 13.2 Å². The zero-order valence-electron chi connectivity index (χ0n) is 18.1. The van der Waals surface area contributed by atoms with Gasteiger partial charge in [-0.15, -0.1) is 0 Å². The lowest BCUT2D eigenvalue weighted by molar-refractivity contribution is -0.150. The van der Waals surface area contributed by atoms with E-state index in [1.807, 2.05) is 6.92 Å². The summed E-state index contributed by atoms with van der Waals surface area (Å²) in [6.45, 7) is 6.16.